The quantitative estimate of drug-likeness (QED) is 0.147. The van der Waals surface area contributed by atoms with E-state index in [0.717, 1.165) is 17.1 Å². The van der Waals surface area contributed by atoms with Crippen molar-refractivity contribution in [3.63, 3.8) is 0 Å². The summed E-state index contributed by atoms with van der Waals surface area (Å²) >= 11 is 0. The van der Waals surface area contributed by atoms with Gasteiger partial charge in [-0.1, -0.05) is 285 Å². The molecule has 2 nitrogen and oxygen atoms in total. The molecule has 86 heavy (non-hydrogen) atoms. The van der Waals surface area contributed by atoms with Crippen LogP contribution in [-0.4, -0.2) is 4.57 Å². The van der Waals surface area contributed by atoms with Gasteiger partial charge in [-0.3, -0.25) is 0 Å². The molecule has 1 aliphatic heterocycles. The third-order valence-corrected chi connectivity index (χ3v) is 19.3. The topological polar surface area (TPSA) is 8.17 Å². The van der Waals surface area contributed by atoms with E-state index in [2.05, 4.69) is 337 Å². The zero-order valence-corrected chi connectivity index (χ0v) is 47.1. The van der Waals surface area contributed by atoms with Crippen LogP contribution in [0.25, 0.3) is 93.9 Å². The number of hydrogen-bond donors (Lipinski definition) is 0. The number of para-hydroxylation sites is 3. The summed E-state index contributed by atoms with van der Waals surface area (Å²) in [5.74, 6) is 0. The lowest BCUT2D eigenvalue weighted by Gasteiger charge is -2.39. The molecular weight excluding hydrogens is 1040 g/mol. The van der Waals surface area contributed by atoms with Gasteiger partial charge in [0.2, 0.25) is 0 Å². The first-order valence-corrected chi connectivity index (χ1v) is 30.0. The molecule has 0 bridgehead atoms. The molecule has 400 valence electrons. The number of rotatable bonds is 8. The number of fused-ring (bicyclic) bond motifs is 16. The van der Waals surface area contributed by atoms with E-state index in [4.69, 9.17) is 0 Å². The normalized spacial score (nSPS) is 14.7. The molecule has 1 aromatic heterocycles. The molecule has 1 unspecified atom stereocenters. The Morgan fingerprint density at radius 3 is 1.47 bits per heavy atom. The van der Waals surface area contributed by atoms with Gasteiger partial charge in [-0.15, -0.1) is 0 Å². The van der Waals surface area contributed by atoms with Gasteiger partial charge in [0.25, 0.3) is 0 Å². The first-order chi connectivity index (χ1) is 42.7. The minimum absolute atomic E-state index is 0.566. The molecule has 2 heterocycles. The second-order valence-electron chi connectivity index (χ2n) is 23.4. The first kappa shape index (κ1) is 48.5. The fraction of sp³-hybridized carbons (Fsp3) is 0.0238. The van der Waals surface area contributed by atoms with E-state index in [1.54, 1.807) is 0 Å². The average molecular weight is 1090 g/mol. The summed E-state index contributed by atoms with van der Waals surface area (Å²) in [7, 11) is 0. The van der Waals surface area contributed by atoms with Crippen molar-refractivity contribution in [2.24, 2.45) is 0 Å². The largest absolute Gasteiger partial charge is 0.309 e. The SMILES string of the molecule is c1ccc(-c2ccc(-c3ccc(N(c4cccc5c4-c4ccccc4C5(c4ccccc4)c4ccccc4)c4ccc(-c5ccc6c(c5)C5(c7ccccc7-6)c6ccccc6-n6c7ccccc7c7cccc5c76)c5ccccc45)cc3)cc2)cc1. The van der Waals surface area contributed by atoms with Crippen molar-refractivity contribution in [3.05, 3.63) is 372 Å². The fourth-order valence-electron chi connectivity index (χ4n) is 15.8. The van der Waals surface area contributed by atoms with Gasteiger partial charge in [-0.25, -0.2) is 0 Å². The number of hydrogen-bond acceptors (Lipinski definition) is 1. The lowest BCUT2D eigenvalue weighted by atomic mass is 9.65. The molecule has 0 amide bonds. The highest BCUT2D eigenvalue weighted by Crippen LogP contribution is 2.63. The second-order valence-corrected chi connectivity index (χ2v) is 23.4. The van der Waals surface area contributed by atoms with Crippen molar-refractivity contribution in [2.75, 3.05) is 4.90 Å². The molecule has 0 fully saturated rings. The van der Waals surface area contributed by atoms with Gasteiger partial charge in [0.1, 0.15) is 0 Å². The van der Waals surface area contributed by atoms with E-state index in [1.165, 1.54) is 138 Å². The third kappa shape index (κ3) is 6.67. The van der Waals surface area contributed by atoms with Gasteiger partial charge in [-0.2, -0.15) is 0 Å². The van der Waals surface area contributed by atoms with Crippen LogP contribution >= 0.6 is 0 Å². The summed E-state index contributed by atoms with van der Waals surface area (Å²) in [6.07, 6.45) is 0. The number of benzene rings is 14. The molecule has 0 radical (unpaired) electrons. The molecule has 0 saturated carbocycles. The molecule has 15 aromatic rings. The van der Waals surface area contributed by atoms with Gasteiger partial charge >= 0.3 is 0 Å². The Labute approximate surface area is 500 Å². The molecule has 0 N–H and O–H groups in total. The van der Waals surface area contributed by atoms with Crippen molar-refractivity contribution < 1.29 is 0 Å². The highest BCUT2D eigenvalue weighted by atomic mass is 15.1. The van der Waals surface area contributed by atoms with Gasteiger partial charge in [0.05, 0.1) is 38.9 Å². The molecule has 14 aromatic carbocycles. The molecular formula is C84H54N2. The summed E-state index contributed by atoms with van der Waals surface area (Å²) in [5, 5.41) is 4.92. The zero-order chi connectivity index (χ0) is 56.5. The number of nitrogens with zero attached hydrogens (tertiary/aromatic N) is 2. The summed E-state index contributed by atoms with van der Waals surface area (Å²) in [4.78, 5) is 2.54. The van der Waals surface area contributed by atoms with E-state index in [1.807, 2.05) is 0 Å². The van der Waals surface area contributed by atoms with Crippen LogP contribution in [0.4, 0.5) is 17.1 Å². The van der Waals surface area contributed by atoms with Gasteiger partial charge in [0, 0.05) is 27.4 Å². The van der Waals surface area contributed by atoms with Crippen LogP contribution in [-0.2, 0) is 10.8 Å². The highest BCUT2D eigenvalue weighted by Gasteiger charge is 2.51. The predicted octanol–water partition coefficient (Wildman–Crippen LogP) is 21.4. The van der Waals surface area contributed by atoms with Gasteiger partial charge in [-0.05, 0) is 142 Å². The van der Waals surface area contributed by atoms with Crippen molar-refractivity contribution >= 4 is 49.6 Å². The molecule has 2 aliphatic carbocycles. The Morgan fingerprint density at radius 1 is 0.256 bits per heavy atom. The van der Waals surface area contributed by atoms with Crippen LogP contribution in [0.1, 0.15) is 44.5 Å². The zero-order valence-electron chi connectivity index (χ0n) is 47.1. The van der Waals surface area contributed by atoms with E-state index >= 15 is 0 Å². The lowest BCUT2D eigenvalue weighted by molar-refractivity contribution is 0.749. The van der Waals surface area contributed by atoms with Gasteiger partial charge in [0.15, 0.2) is 0 Å². The van der Waals surface area contributed by atoms with Crippen molar-refractivity contribution in [3.8, 4) is 61.3 Å². The maximum atomic E-state index is 2.54. The summed E-state index contributed by atoms with van der Waals surface area (Å²) in [6.45, 7) is 0. The van der Waals surface area contributed by atoms with E-state index in [-0.39, 0.29) is 0 Å². The van der Waals surface area contributed by atoms with Crippen molar-refractivity contribution in [2.45, 2.75) is 10.8 Å². The first-order valence-electron chi connectivity index (χ1n) is 30.0. The Balaban J connectivity index is 0.854. The van der Waals surface area contributed by atoms with E-state index < -0.39 is 10.8 Å². The smallest absolute Gasteiger partial charge is 0.0754 e. The maximum absolute atomic E-state index is 2.54. The molecule has 3 aliphatic rings. The number of aromatic nitrogens is 1. The van der Waals surface area contributed by atoms with E-state index in [0.29, 0.717) is 0 Å². The molecule has 2 heteroatoms. The monoisotopic (exact) mass is 1090 g/mol. The Morgan fingerprint density at radius 2 is 0.744 bits per heavy atom. The van der Waals surface area contributed by atoms with Crippen LogP contribution in [0.5, 0.6) is 0 Å². The van der Waals surface area contributed by atoms with E-state index in [9.17, 15) is 0 Å². The Kier molecular flexibility index (Phi) is 10.6. The summed E-state index contributed by atoms with van der Waals surface area (Å²) < 4.78 is 2.53. The lowest BCUT2D eigenvalue weighted by Crippen LogP contribution is -2.33. The Bertz CT molecular complexity index is 5170. The molecule has 18 rings (SSSR count). The van der Waals surface area contributed by atoms with Crippen molar-refractivity contribution in [1.82, 2.24) is 4.57 Å². The minimum Gasteiger partial charge on any atom is -0.309 e. The summed E-state index contributed by atoms with van der Waals surface area (Å²) in [6, 6.07) is 123. The highest BCUT2D eigenvalue weighted by molar-refractivity contribution is 6.14. The fourth-order valence-corrected chi connectivity index (χ4v) is 15.8. The van der Waals surface area contributed by atoms with Crippen LogP contribution in [0.15, 0.2) is 328 Å². The Hall–Kier alpha value is -11.1. The van der Waals surface area contributed by atoms with Crippen LogP contribution < -0.4 is 4.90 Å². The maximum Gasteiger partial charge on any atom is 0.0754 e. The van der Waals surface area contributed by atoms with Gasteiger partial charge < -0.3 is 9.47 Å². The molecule has 1 atom stereocenters. The second kappa shape index (κ2) is 18.7. The number of anilines is 3. The molecule has 1 spiro atoms. The average Bonchev–Trinajstić information content (AvgIpc) is 1.49. The summed E-state index contributed by atoms with van der Waals surface area (Å²) in [5.41, 5.74) is 28.4. The van der Waals surface area contributed by atoms with Crippen LogP contribution in [0.2, 0.25) is 0 Å². The van der Waals surface area contributed by atoms with Crippen LogP contribution in [0, 0.1) is 0 Å². The third-order valence-electron chi connectivity index (χ3n) is 19.3. The molecule has 0 saturated heterocycles. The standard InChI is InChI=1S/C84H54N2/c1-4-22-55(23-5-1)56-42-44-57(45-43-56)58-46-49-62(50-47-58)85(80-41-21-37-74-81(80)70-32-13-16-35-72(70)83(74,60-24-6-2-7-25-60)61-26-8-3-9-27-61)78-53-52-63(64-28-10-11-30-67(64)78)59-48-51-66-65-29-12-15-34-71(65)84(76(66)54-59)73-36-17-19-40-79(73)86-77-39-18-14-31-68(77)69-33-20-38-75(84)82(69)86/h1-54H. The minimum atomic E-state index is -0.566. The van der Waals surface area contributed by atoms with Crippen LogP contribution in [0.3, 0.4) is 0 Å². The van der Waals surface area contributed by atoms with Crippen molar-refractivity contribution in [1.29, 1.82) is 0 Å². The predicted molar refractivity (Wildman–Crippen MR) is 357 cm³/mol.